The van der Waals surface area contributed by atoms with E-state index in [2.05, 4.69) is 15.3 Å². The van der Waals surface area contributed by atoms with Crippen LogP contribution < -0.4 is 5.32 Å². The quantitative estimate of drug-likeness (QED) is 0.250. The molecule has 0 bridgehead atoms. The second kappa shape index (κ2) is 8.79. The van der Waals surface area contributed by atoms with Crippen molar-refractivity contribution in [2.75, 3.05) is 0 Å². The molecule has 3 aromatic heterocycles. The van der Waals surface area contributed by atoms with Crippen LogP contribution in [0.25, 0.3) is 11.3 Å². The smallest absolute Gasteiger partial charge is 0.280 e. The van der Waals surface area contributed by atoms with Gasteiger partial charge in [0, 0.05) is 31.2 Å². The molecule has 0 saturated carbocycles. The summed E-state index contributed by atoms with van der Waals surface area (Å²) >= 11 is 5.69. The van der Waals surface area contributed by atoms with Crippen LogP contribution in [0.15, 0.2) is 89.7 Å². The Balaban J connectivity index is 1.56. The summed E-state index contributed by atoms with van der Waals surface area (Å²) in [6, 6.07) is 19.2. The van der Waals surface area contributed by atoms with E-state index in [9.17, 15) is 10.1 Å². The van der Waals surface area contributed by atoms with Gasteiger partial charge < -0.3 is 14.6 Å². The first-order chi connectivity index (χ1) is 16.1. The van der Waals surface area contributed by atoms with Gasteiger partial charge >= 0.3 is 0 Å². The van der Waals surface area contributed by atoms with Crippen LogP contribution in [0.1, 0.15) is 29.1 Å². The van der Waals surface area contributed by atoms with Crippen molar-refractivity contribution in [3.05, 3.63) is 112 Å². The molecule has 5 rings (SSSR count). The maximum atomic E-state index is 11.5. The number of thiocarbonyl (C=S) groups is 1. The van der Waals surface area contributed by atoms with E-state index < -0.39 is 4.92 Å². The summed E-state index contributed by atoms with van der Waals surface area (Å²) in [5.41, 5.74) is 2.29. The molecule has 4 heterocycles. The number of para-hydroxylation sites is 1. The topological polar surface area (TPSA) is 97.3 Å². The molecule has 1 aromatic carbocycles. The maximum absolute atomic E-state index is 11.5. The van der Waals surface area contributed by atoms with Crippen molar-refractivity contribution in [2.45, 2.75) is 18.6 Å². The highest BCUT2D eigenvalue weighted by Gasteiger charge is 2.41. The van der Waals surface area contributed by atoms with Gasteiger partial charge in [-0.25, -0.2) is 0 Å². The molecule has 1 fully saturated rings. The van der Waals surface area contributed by atoms with Gasteiger partial charge in [-0.3, -0.25) is 20.1 Å². The predicted molar refractivity (Wildman–Crippen MR) is 126 cm³/mol. The van der Waals surface area contributed by atoms with E-state index in [4.69, 9.17) is 16.6 Å². The highest BCUT2D eigenvalue weighted by molar-refractivity contribution is 7.80. The molecule has 0 spiro atoms. The number of nitrogens with one attached hydrogen (secondary N) is 1. The van der Waals surface area contributed by atoms with Crippen LogP contribution in [0, 0.1) is 10.1 Å². The zero-order chi connectivity index (χ0) is 22.8. The number of hydrogen-bond donors (Lipinski definition) is 1. The summed E-state index contributed by atoms with van der Waals surface area (Å²) < 4.78 is 6.23. The summed E-state index contributed by atoms with van der Waals surface area (Å²) in [5, 5.41) is 15.5. The number of nitro groups is 1. The molecule has 9 heteroatoms. The van der Waals surface area contributed by atoms with Crippen molar-refractivity contribution < 1.29 is 9.34 Å². The van der Waals surface area contributed by atoms with Crippen LogP contribution in [0.3, 0.4) is 0 Å². The summed E-state index contributed by atoms with van der Waals surface area (Å²) in [7, 11) is 0. The lowest BCUT2D eigenvalue weighted by atomic mass is 10.0. The van der Waals surface area contributed by atoms with Crippen molar-refractivity contribution >= 4 is 23.0 Å². The van der Waals surface area contributed by atoms with E-state index in [1.165, 1.54) is 6.07 Å². The van der Waals surface area contributed by atoms with E-state index in [1.807, 2.05) is 41.3 Å². The minimum atomic E-state index is -0.407. The lowest BCUT2D eigenvalue weighted by molar-refractivity contribution is -0.384. The average Bonchev–Trinajstić information content (AvgIpc) is 3.45. The number of pyridine rings is 2. The Morgan fingerprint density at radius 2 is 1.82 bits per heavy atom. The molecule has 1 aliphatic heterocycles. The van der Waals surface area contributed by atoms with Crippen LogP contribution in [-0.2, 0) is 6.54 Å². The Bertz CT molecular complexity index is 1300. The van der Waals surface area contributed by atoms with E-state index >= 15 is 0 Å². The minimum Gasteiger partial charge on any atom is -0.459 e. The van der Waals surface area contributed by atoms with Crippen LogP contribution in [0.5, 0.6) is 0 Å². The second-order valence-corrected chi connectivity index (χ2v) is 7.97. The SMILES string of the molecule is O=[N+]([O-])c1ccccc1-c1ccc([C@H]2[C@@H](c3ccccn3)NC(=S)N2Cc2ccncc2)o1. The summed E-state index contributed by atoms with van der Waals surface area (Å²) in [6.07, 6.45) is 5.23. The summed E-state index contributed by atoms with van der Waals surface area (Å²) in [6.45, 7) is 0.546. The number of aromatic nitrogens is 2. The molecular formula is C24H19N5O3S. The molecule has 8 nitrogen and oxygen atoms in total. The number of furan rings is 1. The third-order valence-electron chi connectivity index (χ3n) is 5.58. The fourth-order valence-corrected chi connectivity index (χ4v) is 4.37. The third-order valence-corrected chi connectivity index (χ3v) is 5.94. The van der Waals surface area contributed by atoms with E-state index in [0.717, 1.165) is 11.3 Å². The molecular weight excluding hydrogens is 438 g/mol. The Hall–Kier alpha value is -4.11. The fourth-order valence-electron chi connectivity index (χ4n) is 4.07. The number of benzene rings is 1. The van der Waals surface area contributed by atoms with Gasteiger partial charge in [-0.1, -0.05) is 18.2 Å². The monoisotopic (exact) mass is 457 g/mol. The Morgan fingerprint density at radius 3 is 2.58 bits per heavy atom. The summed E-state index contributed by atoms with van der Waals surface area (Å²) in [5.74, 6) is 1.07. The predicted octanol–water partition coefficient (Wildman–Crippen LogP) is 4.82. The van der Waals surface area contributed by atoms with Gasteiger partial charge in [0.15, 0.2) is 5.11 Å². The fraction of sp³-hybridized carbons (Fsp3) is 0.125. The number of rotatable bonds is 6. The number of hydrogen-bond acceptors (Lipinski definition) is 6. The number of nitrogens with zero attached hydrogens (tertiary/aromatic N) is 4. The van der Waals surface area contributed by atoms with Gasteiger partial charge in [0.25, 0.3) is 5.69 Å². The largest absolute Gasteiger partial charge is 0.459 e. The van der Waals surface area contributed by atoms with Crippen molar-refractivity contribution in [1.82, 2.24) is 20.2 Å². The first kappa shape index (κ1) is 20.8. The van der Waals surface area contributed by atoms with Gasteiger partial charge in [-0.05, 0) is 60.2 Å². The van der Waals surface area contributed by atoms with Crippen molar-refractivity contribution in [2.24, 2.45) is 0 Å². The second-order valence-electron chi connectivity index (χ2n) is 7.59. The van der Waals surface area contributed by atoms with E-state index in [1.54, 1.807) is 42.9 Å². The van der Waals surface area contributed by atoms with Gasteiger partial charge in [0.2, 0.25) is 0 Å². The normalized spacial score (nSPS) is 17.7. The molecule has 33 heavy (non-hydrogen) atoms. The third kappa shape index (κ3) is 4.06. The molecule has 0 amide bonds. The molecule has 1 N–H and O–H groups in total. The van der Waals surface area contributed by atoms with Crippen LogP contribution in [-0.4, -0.2) is 24.9 Å². The Morgan fingerprint density at radius 1 is 1.03 bits per heavy atom. The lowest BCUT2D eigenvalue weighted by Crippen LogP contribution is -2.29. The average molecular weight is 458 g/mol. The molecule has 4 aromatic rings. The van der Waals surface area contributed by atoms with Gasteiger partial charge in [-0.15, -0.1) is 0 Å². The summed E-state index contributed by atoms with van der Waals surface area (Å²) in [4.78, 5) is 21.8. The molecule has 164 valence electrons. The molecule has 0 aliphatic carbocycles. The van der Waals surface area contributed by atoms with Crippen LogP contribution in [0.4, 0.5) is 5.69 Å². The highest BCUT2D eigenvalue weighted by Crippen LogP contribution is 2.42. The zero-order valence-electron chi connectivity index (χ0n) is 17.4. The lowest BCUT2D eigenvalue weighted by Gasteiger charge is -2.26. The van der Waals surface area contributed by atoms with Crippen molar-refractivity contribution in [3.63, 3.8) is 0 Å². The minimum absolute atomic E-state index is 0.00612. The highest BCUT2D eigenvalue weighted by atomic mass is 32.1. The molecule has 1 saturated heterocycles. The molecule has 0 unspecified atom stereocenters. The Labute approximate surface area is 195 Å². The standard InChI is InChI=1S/C24H19N5O3S/c30-29(31)19-7-2-1-5-17(19)20-8-9-21(32-20)23-22(18-6-3-4-12-26-18)27-24(33)28(23)15-16-10-13-25-14-11-16/h1-14,22-23H,15H2,(H,27,33)/t22-,23+/m1/s1. The van der Waals surface area contributed by atoms with Crippen molar-refractivity contribution in [1.29, 1.82) is 0 Å². The van der Waals surface area contributed by atoms with Crippen molar-refractivity contribution in [3.8, 4) is 11.3 Å². The van der Waals surface area contributed by atoms with Gasteiger partial charge in [-0.2, -0.15) is 0 Å². The molecule has 0 radical (unpaired) electrons. The molecule has 2 atom stereocenters. The number of nitro benzene ring substituents is 1. The van der Waals surface area contributed by atoms with Crippen LogP contribution >= 0.6 is 12.2 Å². The zero-order valence-corrected chi connectivity index (χ0v) is 18.2. The Kier molecular flexibility index (Phi) is 5.54. The van der Waals surface area contributed by atoms with Gasteiger partial charge in [0.05, 0.1) is 22.2 Å². The first-order valence-corrected chi connectivity index (χ1v) is 10.7. The first-order valence-electron chi connectivity index (χ1n) is 10.3. The van der Waals surface area contributed by atoms with Gasteiger partial charge in [0.1, 0.15) is 17.6 Å². The van der Waals surface area contributed by atoms with E-state index in [0.29, 0.717) is 28.7 Å². The van der Waals surface area contributed by atoms with E-state index in [-0.39, 0.29) is 17.8 Å². The maximum Gasteiger partial charge on any atom is 0.280 e. The molecule has 1 aliphatic rings. The van der Waals surface area contributed by atoms with Crippen LogP contribution in [0.2, 0.25) is 0 Å².